The Kier molecular flexibility index (Phi) is 2.94. The molecular formula is C10H20O. The molecule has 1 heterocycles. The zero-order valence-electron chi connectivity index (χ0n) is 8.13. The average molecular weight is 156 g/mol. The SMILES string of the molecule is CC[C@@H](C)C1OC[C@@H](C)C1C. The van der Waals surface area contributed by atoms with Crippen molar-refractivity contribution in [3.8, 4) is 0 Å². The second-order valence-corrected chi connectivity index (χ2v) is 4.02. The Morgan fingerprint density at radius 2 is 2.09 bits per heavy atom. The van der Waals surface area contributed by atoms with Crippen LogP contribution in [0.15, 0.2) is 0 Å². The molecule has 0 spiro atoms. The predicted octanol–water partition coefficient (Wildman–Crippen LogP) is 2.70. The minimum atomic E-state index is 0.523. The first kappa shape index (κ1) is 9.05. The maximum atomic E-state index is 5.73. The average Bonchev–Trinajstić information content (AvgIpc) is 2.32. The summed E-state index contributed by atoms with van der Waals surface area (Å²) in [5.74, 6) is 2.24. The van der Waals surface area contributed by atoms with Crippen molar-refractivity contribution in [1.82, 2.24) is 0 Å². The standard InChI is InChI=1S/C10H20O/c1-5-7(2)10-9(4)8(3)6-11-10/h7-10H,5-6H2,1-4H3/t7-,8-,9?,10?/m1/s1. The van der Waals surface area contributed by atoms with Crippen molar-refractivity contribution < 1.29 is 4.74 Å². The van der Waals surface area contributed by atoms with Crippen molar-refractivity contribution in [2.45, 2.75) is 40.2 Å². The highest BCUT2D eigenvalue weighted by Crippen LogP contribution is 2.31. The first-order valence-corrected chi connectivity index (χ1v) is 4.78. The molecule has 1 fully saturated rings. The quantitative estimate of drug-likeness (QED) is 0.597. The molecule has 1 aliphatic heterocycles. The molecule has 1 saturated heterocycles. The van der Waals surface area contributed by atoms with Gasteiger partial charge in [0, 0.05) is 6.61 Å². The van der Waals surface area contributed by atoms with Crippen LogP contribution in [0.2, 0.25) is 0 Å². The molecule has 0 amide bonds. The summed E-state index contributed by atoms with van der Waals surface area (Å²) in [7, 11) is 0. The Balaban J connectivity index is 2.47. The lowest BCUT2D eigenvalue weighted by atomic mass is 9.87. The van der Waals surface area contributed by atoms with E-state index < -0.39 is 0 Å². The Bertz CT molecular complexity index is 122. The number of hydrogen-bond acceptors (Lipinski definition) is 1. The zero-order chi connectivity index (χ0) is 8.43. The van der Waals surface area contributed by atoms with Gasteiger partial charge in [-0.1, -0.05) is 34.1 Å². The third-order valence-electron chi connectivity index (χ3n) is 3.17. The molecule has 0 aromatic carbocycles. The minimum absolute atomic E-state index is 0.523. The van der Waals surface area contributed by atoms with Crippen LogP contribution in [-0.4, -0.2) is 12.7 Å². The summed E-state index contributed by atoms with van der Waals surface area (Å²) in [6.45, 7) is 10.1. The van der Waals surface area contributed by atoms with Gasteiger partial charge in [-0.2, -0.15) is 0 Å². The minimum Gasteiger partial charge on any atom is -0.377 e. The molecule has 1 rings (SSSR count). The Labute approximate surface area is 70.1 Å². The van der Waals surface area contributed by atoms with E-state index >= 15 is 0 Å². The van der Waals surface area contributed by atoms with E-state index in [-0.39, 0.29) is 0 Å². The Morgan fingerprint density at radius 1 is 1.45 bits per heavy atom. The van der Waals surface area contributed by atoms with E-state index in [2.05, 4.69) is 27.7 Å². The van der Waals surface area contributed by atoms with Crippen LogP contribution < -0.4 is 0 Å². The van der Waals surface area contributed by atoms with E-state index in [1.54, 1.807) is 0 Å². The zero-order valence-corrected chi connectivity index (χ0v) is 8.13. The van der Waals surface area contributed by atoms with E-state index in [9.17, 15) is 0 Å². The molecule has 0 bridgehead atoms. The van der Waals surface area contributed by atoms with E-state index in [0.717, 1.165) is 24.4 Å². The van der Waals surface area contributed by atoms with E-state index in [1.807, 2.05) is 0 Å². The van der Waals surface area contributed by atoms with Gasteiger partial charge < -0.3 is 4.74 Å². The Morgan fingerprint density at radius 3 is 2.45 bits per heavy atom. The summed E-state index contributed by atoms with van der Waals surface area (Å²) in [4.78, 5) is 0. The van der Waals surface area contributed by atoms with Crippen LogP contribution in [0.5, 0.6) is 0 Å². The monoisotopic (exact) mass is 156 g/mol. The van der Waals surface area contributed by atoms with Crippen molar-refractivity contribution >= 4 is 0 Å². The first-order chi connectivity index (χ1) is 5.16. The second kappa shape index (κ2) is 3.57. The van der Waals surface area contributed by atoms with Crippen molar-refractivity contribution in [1.29, 1.82) is 0 Å². The third-order valence-corrected chi connectivity index (χ3v) is 3.17. The molecule has 0 radical (unpaired) electrons. The predicted molar refractivity (Wildman–Crippen MR) is 47.5 cm³/mol. The molecule has 11 heavy (non-hydrogen) atoms. The van der Waals surface area contributed by atoms with Crippen molar-refractivity contribution in [2.24, 2.45) is 17.8 Å². The highest BCUT2D eigenvalue weighted by Gasteiger charge is 2.33. The maximum absolute atomic E-state index is 5.73. The van der Waals surface area contributed by atoms with Gasteiger partial charge in [-0.25, -0.2) is 0 Å². The van der Waals surface area contributed by atoms with Crippen LogP contribution in [0.3, 0.4) is 0 Å². The molecule has 4 atom stereocenters. The van der Waals surface area contributed by atoms with Gasteiger partial charge in [-0.3, -0.25) is 0 Å². The molecule has 1 nitrogen and oxygen atoms in total. The highest BCUT2D eigenvalue weighted by atomic mass is 16.5. The molecule has 0 aromatic rings. The number of rotatable bonds is 2. The first-order valence-electron chi connectivity index (χ1n) is 4.78. The summed E-state index contributed by atoms with van der Waals surface area (Å²) in [6.07, 6.45) is 1.76. The van der Waals surface area contributed by atoms with Gasteiger partial charge in [-0.05, 0) is 17.8 Å². The summed E-state index contributed by atoms with van der Waals surface area (Å²) < 4.78 is 5.73. The van der Waals surface area contributed by atoms with E-state index in [0.29, 0.717) is 6.10 Å². The molecule has 0 saturated carbocycles. The lowest BCUT2D eigenvalue weighted by Gasteiger charge is -2.21. The number of hydrogen-bond donors (Lipinski definition) is 0. The fourth-order valence-electron chi connectivity index (χ4n) is 1.81. The van der Waals surface area contributed by atoms with Crippen molar-refractivity contribution in [3.05, 3.63) is 0 Å². The largest absolute Gasteiger partial charge is 0.377 e. The summed E-state index contributed by atoms with van der Waals surface area (Å²) in [5.41, 5.74) is 0. The highest BCUT2D eigenvalue weighted by molar-refractivity contribution is 4.81. The van der Waals surface area contributed by atoms with Crippen LogP contribution in [-0.2, 0) is 4.74 Å². The van der Waals surface area contributed by atoms with Crippen LogP contribution in [0.4, 0.5) is 0 Å². The topological polar surface area (TPSA) is 9.23 Å². The van der Waals surface area contributed by atoms with Crippen LogP contribution >= 0.6 is 0 Å². The molecule has 2 unspecified atom stereocenters. The van der Waals surface area contributed by atoms with Crippen molar-refractivity contribution in [3.63, 3.8) is 0 Å². The molecule has 0 aromatic heterocycles. The van der Waals surface area contributed by atoms with Gasteiger partial charge in [0.15, 0.2) is 0 Å². The number of ether oxygens (including phenoxy) is 1. The summed E-state index contributed by atoms with van der Waals surface area (Å²) in [5, 5.41) is 0. The van der Waals surface area contributed by atoms with Crippen LogP contribution in [0.25, 0.3) is 0 Å². The molecular weight excluding hydrogens is 136 g/mol. The van der Waals surface area contributed by atoms with Crippen molar-refractivity contribution in [2.75, 3.05) is 6.61 Å². The third kappa shape index (κ3) is 1.76. The lowest BCUT2D eigenvalue weighted by molar-refractivity contribution is 0.0499. The summed E-state index contributed by atoms with van der Waals surface area (Å²) in [6, 6.07) is 0. The smallest absolute Gasteiger partial charge is 0.0629 e. The fraction of sp³-hybridized carbons (Fsp3) is 1.00. The van der Waals surface area contributed by atoms with Gasteiger partial charge in [-0.15, -0.1) is 0 Å². The van der Waals surface area contributed by atoms with E-state index in [4.69, 9.17) is 4.74 Å². The molecule has 0 aliphatic carbocycles. The van der Waals surface area contributed by atoms with Gasteiger partial charge in [0.05, 0.1) is 6.10 Å². The molecule has 0 N–H and O–H groups in total. The van der Waals surface area contributed by atoms with E-state index in [1.165, 1.54) is 6.42 Å². The molecule has 66 valence electrons. The normalized spacial score (nSPS) is 40.9. The second-order valence-electron chi connectivity index (χ2n) is 4.02. The van der Waals surface area contributed by atoms with Crippen LogP contribution in [0, 0.1) is 17.8 Å². The maximum Gasteiger partial charge on any atom is 0.0629 e. The Hall–Kier alpha value is -0.0400. The van der Waals surface area contributed by atoms with Gasteiger partial charge in [0.1, 0.15) is 0 Å². The fourth-order valence-corrected chi connectivity index (χ4v) is 1.81. The van der Waals surface area contributed by atoms with Crippen LogP contribution in [0.1, 0.15) is 34.1 Å². The van der Waals surface area contributed by atoms with Gasteiger partial charge in [0.25, 0.3) is 0 Å². The molecule has 1 aliphatic rings. The lowest BCUT2D eigenvalue weighted by Crippen LogP contribution is -2.23. The van der Waals surface area contributed by atoms with Gasteiger partial charge >= 0.3 is 0 Å². The molecule has 1 heteroatoms. The summed E-state index contributed by atoms with van der Waals surface area (Å²) >= 11 is 0. The van der Waals surface area contributed by atoms with Gasteiger partial charge in [0.2, 0.25) is 0 Å².